The minimum Gasteiger partial charge on any atom is -0.448 e. The van der Waals surface area contributed by atoms with Gasteiger partial charge in [-0.25, -0.2) is 4.98 Å². The molecule has 1 aliphatic rings. The van der Waals surface area contributed by atoms with E-state index in [-0.39, 0.29) is 11.8 Å². The molecule has 7 heteroatoms. The molecule has 6 nitrogen and oxygen atoms in total. The Bertz CT molecular complexity index is 905. The van der Waals surface area contributed by atoms with Crippen molar-refractivity contribution in [1.29, 1.82) is 0 Å². The highest BCUT2D eigenvalue weighted by Crippen LogP contribution is 2.31. The van der Waals surface area contributed by atoms with Gasteiger partial charge in [0.2, 0.25) is 5.91 Å². The van der Waals surface area contributed by atoms with Crippen LogP contribution in [0.4, 0.5) is 0 Å². The molecular formula is C18H17N3O3S. The highest BCUT2D eigenvalue weighted by atomic mass is 32.1. The molecule has 1 fully saturated rings. The van der Waals surface area contributed by atoms with Crippen molar-refractivity contribution >= 4 is 33.4 Å². The highest BCUT2D eigenvalue weighted by molar-refractivity contribution is 7.21. The van der Waals surface area contributed by atoms with Gasteiger partial charge < -0.3 is 14.2 Å². The van der Waals surface area contributed by atoms with Crippen LogP contribution in [0.25, 0.3) is 21.0 Å². The molecule has 4 rings (SSSR count). The monoisotopic (exact) mass is 355 g/mol. The van der Waals surface area contributed by atoms with Gasteiger partial charge in [-0.3, -0.25) is 9.59 Å². The highest BCUT2D eigenvalue weighted by Gasteiger charge is 2.25. The van der Waals surface area contributed by atoms with Crippen LogP contribution in [-0.4, -0.2) is 52.8 Å². The number of piperazine rings is 1. The van der Waals surface area contributed by atoms with Gasteiger partial charge in [0.1, 0.15) is 0 Å². The molecule has 0 unspecified atom stereocenters. The zero-order chi connectivity index (χ0) is 17.4. The van der Waals surface area contributed by atoms with Gasteiger partial charge in [0.15, 0.2) is 16.5 Å². The quantitative estimate of drug-likeness (QED) is 0.709. The summed E-state index contributed by atoms with van der Waals surface area (Å²) in [7, 11) is 0. The first-order chi connectivity index (χ1) is 12.1. The molecule has 0 atom stereocenters. The molecule has 25 heavy (non-hydrogen) atoms. The van der Waals surface area contributed by atoms with E-state index in [1.54, 1.807) is 40.2 Å². The first-order valence-electron chi connectivity index (χ1n) is 8.12. The number of thiazole rings is 1. The lowest BCUT2D eigenvalue weighted by molar-refractivity contribution is -0.130. The van der Waals surface area contributed by atoms with E-state index in [1.165, 1.54) is 0 Å². The molecule has 0 radical (unpaired) electrons. The number of amides is 2. The minimum absolute atomic E-state index is 0.0446. The topological polar surface area (TPSA) is 66.7 Å². The summed E-state index contributed by atoms with van der Waals surface area (Å²) >= 11 is 1.54. The number of fused-ring (bicyclic) bond motifs is 1. The van der Waals surface area contributed by atoms with E-state index < -0.39 is 0 Å². The summed E-state index contributed by atoms with van der Waals surface area (Å²) in [4.78, 5) is 32.0. The smallest absolute Gasteiger partial charge is 0.289 e. The number of carbonyl (C=O) groups excluding carboxylic acids is 2. The summed E-state index contributed by atoms with van der Waals surface area (Å²) in [6.07, 6.45) is 0. The van der Waals surface area contributed by atoms with Crippen LogP contribution < -0.4 is 0 Å². The number of aromatic nitrogens is 1. The third-order valence-electron chi connectivity index (χ3n) is 4.33. The van der Waals surface area contributed by atoms with E-state index in [0.717, 1.165) is 15.2 Å². The summed E-state index contributed by atoms with van der Waals surface area (Å²) in [5, 5.41) is 0.765. The van der Waals surface area contributed by atoms with Crippen LogP contribution in [0.15, 0.2) is 40.8 Å². The van der Waals surface area contributed by atoms with Gasteiger partial charge in [-0.05, 0) is 24.3 Å². The van der Waals surface area contributed by atoms with Crippen LogP contribution in [0.5, 0.6) is 0 Å². The van der Waals surface area contributed by atoms with E-state index in [1.807, 2.05) is 24.3 Å². The van der Waals surface area contributed by atoms with E-state index in [0.29, 0.717) is 37.7 Å². The number of hydrogen-bond donors (Lipinski definition) is 0. The Kier molecular flexibility index (Phi) is 4.01. The molecule has 1 aliphatic heterocycles. The molecule has 0 aliphatic carbocycles. The summed E-state index contributed by atoms with van der Waals surface area (Å²) in [5.74, 6) is 0.816. The van der Waals surface area contributed by atoms with Crippen LogP contribution >= 0.6 is 11.3 Å². The van der Waals surface area contributed by atoms with Crippen LogP contribution in [0.1, 0.15) is 17.5 Å². The van der Waals surface area contributed by atoms with E-state index in [2.05, 4.69) is 4.98 Å². The predicted octanol–water partition coefficient (Wildman–Crippen LogP) is 2.86. The SMILES string of the molecule is CC(=O)N1CCN(C(=O)c2ccc(-c3nc4ccccc4s3)o2)CC1. The maximum absolute atomic E-state index is 12.6. The van der Waals surface area contributed by atoms with E-state index in [4.69, 9.17) is 4.42 Å². The van der Waals surface area contributed by atoms with Crippen LogP contribution in [0, 0.1) is 0 Å². The number of furan rings is 1. The Hall–Kier alpha value is -2.67. The normalized spacial score (nSPS) is 14.9. The number of nitrogens with zero attached hydrogens (tertiary/aromatic N) is 3. The lowest BCUT2D eigenvalue weighted by Crippen LogP contribution is -2.50. The Labute approximate surface area is 148 Å². The summed E-state index contributed by atoms with van der Waals surface area (Å²) in [5.41, 5.74) is 0.923. The summed E-state index contributed by atoms with van der Waals surface area (Å²) < 4.78 is 6.85. The van der Waals surface area contributed by atoms with Crippen molar-refractivity contribution in [3.63, 3.8) is 0 Å². The maximum atomic E-state index is 12.6. The minimum atomic E-state index is -0.143. The fourth-order valence-electron chi connectivity index (χ4n) is 2.93. The van der Waals surface area contributed by atoms with Gasteiger partial charge in [-0.2, -0.15) is 0 Å². The van der Waals surface area contributed by atoms with Crippen LogP contribution in [-0.2, 0) is 4.79 Å². The number of rotatable bonds is 2. The molecule has 0 saturated carbocycles. The van der Waals surface area contributed by atoms with Gasteiger partial charge in [0.25, 0.3) is 5.91 Å². The van der Waals surface area contributed by atoms with Gasteiger partial charge in [-0.1, -0.05) is 12.1 Å². The second-order valence-electron chi connectivity index (χ2n) is 5.95. The molecule has 0 bridgehead atoms. The van der Waals surface area contributed by atoms with Gasteiger partial charge >= 0.3 is 0 Å². The van der Waals surface area contributed by atoms with Crippen LogP contribution in [0.2, 0.25) is 0 Å². The number of carbonyl (C=O) groups is 2. The number of para-hydroxylation sites is 1. The molecule has 3 aromatic rings. The number of benzene rings is 1. The zero-order valence-electron chi connectivity index (χ0n) is 13.8. The first-order valence-corrected chi connectivity index (χ1v) is 8.94. The van der Waals surface area contributed by atoms with E-state index >= 15 is 0 Å². The molecule has 2 aromatic heterocycles. The maximum Gasteiger partial charge on any atom is 0.289 e. The zero-order valence-corrected chi connectivity index (χ0v) is 14.6. The summed E-state index contributed by atoms with van der Waals surface area (Å²) in [6, 6.07) is 11.4. The van der Waals surface area contributed by atoms with Crippen molar-refractivity contribution in [2.24, 2.45) is 0 Å². The van der Waals surface area contributed by atoms with Crippen molar-refractivity contribution in [2.75, 3.05) is 26.2 Å². The Morgan fingerprint density at radius 3 is 2.48 bits per heavy atom. The second-order valence-corrected chi connectivity index (χ2v) is 6.98. The van der Waals surface area contributed by atoms with Gasteiger partial charge in [-0.15, -0.1) is 11.3 Å². The van der Waals surface area contributed by atoms with E-state index in [9.17, 15) is 9.59 Å². The van der Waals surface area contributed by atoms with Gasteiger partial charge in [0, 0.05) is 33.1 Å². The molecule has 3 heterocycles. The molecule has 1 aromatic carbocycles. The number of hydrogen-bond acceptors (Lipinski definition) is 5. The standard InChI is InChI=1S/C18H17N3O3S/c1-12(22)20-8-10-21(11-9-20)18(23)15-7-6-14(24-15)17-19-13-4-2-3-5-16(13)25-17/h2-7H,8-11H2,1H3. The molecular weight excluding hydrogens is 338 g/mol. The molecule has 0 N–H and O–H groups in total. The van der Waals surface area contributed by atoms with Crippen molar-refractivity contribution < 1.29 is 14.0 Å². The molecule has 2 amide bonds. The first kappa shape index (κ1) is 15.8. The van der Waals surface area contributed by atoms with Crippen molar-refractivity contribution in [3.05, 3.63) is 42.2 Å². The van der Waals surface area contributed by atoms with Crippen molar-refractivity contribution in [2.45, 2.75) is 6.92 Å². The van der Waals surface area contributed by atoms with Gasteiger partial charge in [0.05, 0.1) is 10.2 Å². The Morgan fingerprint density at radius 2 is 1.76 bits per heavy atom. The Morgan fingerprint density at radius 1 is 1.04 bits per heavy atom. The largest absolute Gasteiger partial charge is 0.448 e. The fraction of sp³-hybridized carbons (Fsp3) is 0.278. The van der Waals surface area contributed by atoms with Crippen molar-refractivity contribution in [1.82, 2.24) is 14.8 Å². The third kappa shape index (κ3) is 3.02. The Balaban J connectivity index is 1.51. The molecule has 1 saturated heterocycles. The third-order valence-corrected chi connectivity index (χ3v) is 5.38. The van der Waals surface area contributed by atoms with Crippen molar-refractivity contribution in [3.8, 4) is 10.8 Å². The predicted molar refractivity (Wildman–Crippen MR) is 95.5 cm³/mol. The van der Waals surface area contributed by atoms with Crippen LogP contribution in [0.3, 0.4) is 0 Å². The second kappa shape index (κ2) is 6.33. The molecule has 128 valence electrons. The average molecular weight is 355 g/mol. The lowest BCUT2D eigenvalue weighted by Gasteiger charge is -2.33. The molecule has 0 spiro atoms. The fourth-order valence-corrected chi connectivity index (χ4v) is 3.85. The average Bonchev–Trinajstić information content (AvgIpc) is 3.27. The summed E-state index contributed by atoms with van der Waals surface area (Å²) in [6.45, 7) is 3.72. The lowest BCUT2D eigenvalue weighted by atomic mass is 10.3.